The topological polar surface area (TPSA) is 113 Å². The second-order valence-corrected chi connectivity index (χ2v) is 9.38. The van der Waals surface area contributed by atoms with Crippen molar-refractivity contribution in [3.05, 3.63) is 80.8 Å². The summed E-state index contributed by atoms with van der Waals surface area (Å²) in [5.74, 6) is -1.99. The molecule has 1 amide bonds. The smallest absolute Gasteiger partial charge is 0.340 e. The van der Waals surface area contributed by atoms with Crippen molar-refractivity contribution in [2.24, 2.45) is 0 Å². The van der Waals surface area contributed by atoms with Crippen LogP contribution < -0.4 is 5.32 Å². The van der Waals surface area contributed by atoms with Crippen molar-refractivity contribution < 1.29 is 29.0 Å². The predicted molar refractivity (Wildman–Crippen MR) is 139 cm³/mol. The fourth-order valence-electron chi connectivity index (χ4n) is 4.05. The molecule has 0 aliphatic carbocycles. The molecule has 0 aromatic heterocycles. The molecular weight excluding hydrogens is 519 g/mol. The molecule has 3 aromatic carbocycles. The van der Waals surface area contributed by atoms with Gasteiger partial charge in [-0.15, -0.1) is 0 Å². The Balaban J connectivity index is 1.74. The zero-order valence-electron chi connectivity index (χ0n) is 19.5. The third-order valence-electron chi connectivity index (χ3n) is 5.95. The van der Waals surface area contributed by atoms with Crippen molar-refractivity contribution in [1.29, 1.82) is 0 Å². The molecule has 0 saturated carbocycles. The van der Waals surface area contributed by atoms with Gasteiger partial charge in [-0.2, -0.15) is 0 Å². The van der Waals surface area contributed by atoms with Crippen molar-refractivity contribution in [2.45, 2.75) is 12.5 Å². The number of halogens is 2. The van der Waals surface area contributed by atoms with E-state index in [-0.39, 0.29) is 34.0 Å². The molecule has 2 N–H and O–H groups in total. The maximum absolute atomic E-state index is 13.2. The Labute approximate surface area is 222 Å². The second-order valence-electron chi connectivity index (χ2n) is 8.54. The lowest BCUT2D eigenvalue weighted by atomic mass is 10.0. The van der Waals surface area contributed by atoms with Crippen LogP contribution in [0.4, 0.5) is 5.69 Å². The van der Waals surface area contributed by atoms with E-state index in [1.54, 1.807) is 36.6 Å². The Morgan fingerprint density at radius 3 is 2.43 bits per heavy atom. The highest BCUT2D eigenvalue weighted by Crippen LogP contribution is 2.34. The number of nitrogens with zero attached hydrogens (tertiary/aromatic N) is 1. The van der Waals surface area contributed by atoms with Gasteiger partial charge in [0.05, 0.1) is 22.4 Å². The molecule has 37 heavy (non-hydrogen) atoms. The maximum Gasteiger partial charge on any atom is 0.340 e. The summed E-state index contributed by atoms with van der Waals surface area (Å²) in [5.41, 5.74) is 0.541. The molecule has 1 atom stereocenters. The number of benzene rings is 3. The van der Waals surface area contributed by atoms with Crippen LogP contribution in [0.2, 0.25) is 10.0 Å². The lowest BCUT2D eigenvalue weighted by Crippen LogP contribution is -2.23. The van der Waals surface area contributed by atoms with Gasteiger partial charge in [0.15, 0.2) is 0 Å². The summed E-state index contributed by atoms with van der Waals surface area (Å²) >= 11 is 12.4. The lowest BCUT2D eigenvalue weighted by molar-refractivity contribution is 0.0328. The van der Waals surface area contributed by atoms with Crippen LogP contribution in [0.15, 0.2) is 48.5 Å². The first-order valence-corrected chi connectivity index (χ1v) is 11.9. The summed E-state index contributed by atoms with van der Waals surface area (Å²) in [6, 6.07) is 11.6. The molecule has 1 aliphatic heterocycles. The third kappa shape index (κ3) is 5.83. The van der Waals surface area contributed by atoms with Crippen LogP contribution >= 0.6 is 23.2 Å². The van der Waals surface area contributed by atoms with Gasteiger partial charge < -0.3 is 20.1 Å². The molecule has 188 valence electrons. The number of nitrogens with one attached hydrogen (secondary N) is 1. The van der Waals surface area contributed by atoms with Gasteiger partial charge in [-0.1, -0.05) is 35.3 Å². The Hall–Kier alpha value is -3.72. The molecule has 4 rings (SSSR count). The highest BCUT2D eigenvalue weighted by molar-refractivity contribution is 6.36. The molecule has 1 fully saturated rings. The van der Waals surface area contributed by atoms with E-state index in [1.807, 2.05) is 11.9 Å². The third-order valence-corrected chi connectivity index (χ3v) is 6.50. The number of anilines is 1. The van der Waals surface area contributed by atoms with Crippen molar-refractivity contribution in [2.75, 3.05) is 25.5 Å². The number of aromatic hydroxyl groups is 1. The fourth-order valence-corrected chi connectivity index (χ4v) is 4.57. The number of carbonyl (C=O) groups is 2. The minimum absolute atomic E-state index is 0.0791. The number of phenolic OH excluding ortho intramolecular Hbond substituents is 1. The van der Waals surface area contributed by atoms with E-state index in [4.69, 9.17) is 27.9 Å². The Morgan fingerprint density at radius 1 is 1.03 bits per heavy atom. The van der Waals surface area contributed by atoms with Gasteiger partial charge in [-0.25, -0.2) is 4.79 Å². The van der Waals surface area contributed by atoms with Gasteiger partial charge in [-0.05, 0) is 55.4 Å². The minimum atomic E-state index is -0.819. The molecule has 0 spiro atoms. The molecule has 3 aromatic rings. The van der Waals surface area contributed by atoms with Crippen LogP contribution in [0.1, 0.15) is 38.3 Å². The van der Waals surface area contributed by atoms with Crippen molar-refractivity contribution in [3.8, 4) is 16.9 Å². The van der Waals surface area contributed by atoms with E-state index in [1.165, 1.54) is 12.4 Å². The largest absolute Gasteiger partial charge is 0.507 e. The molecule has 1 unspecified atom stereocenters. The van der Waals surface area contributed by atoms with E-state index in [2.05, 4.69) is 5.32 Å². The number of rotatable bonds is 7. The van der Waals surface area contributed by atoms with Gasteiger partial charge in [0.2, 0.25) is 12.6 Å². The Morgan fingerprint density at radius 2 is 1.78 bits per heavy atom. The summed E-state index contributed by atoms with van der Waals surface area (Å²) in [5, 5.41) is 13.4. The van der Waals surface area contributed by atoms with Crippen LogP contribution in [0.25, 0.3) is 11.1 Å². The van der Waals surface area contributed by atoms with Gasteiger partial charge in [-0.3, -0.25) is 14.4 Å². The van der Waals surface area contributed by atoms with Crippen molar-refractivity contribution in [1.82, 2.24) is 4.90 Å². The number of esters is 1. The minimum Gasteiger partial charge on any atom is -0.507 e. The number of hydrogen-bond donors (Lipinski definition) is 2. The maximum atomic E-state index is 13.2. The molecular formula is C27H20Cl2N2O6. The standard InChI is InChI=1S/C27H20Cl2N2O6/c1-31-7-6-19(12-31)37-27(36)21-4-2-15(20-5-3-18(28)10-23(20)29)9-24(21)30-26(35)22-11-25(34)17(14-33)8-16(22)13-32/h2-5,8-11,19,34H,6-7,12H2,1H3,(H,30,35). The molecule has 8 nitrogen and oxygen atoms in total. The summed E-state index contributed by atoms with van der Waals surface area (Å²) in [4.78, 5) is 50.7. The van der Waals surface area contributed by atoms with Gasteiger partial charge in [0, 0.05) is 34.3 Å². The summed E-state index contributed by atoms with van der Waals surface area (Å²) in [7, 11) is 1.93. The van der Waals surface area contributed by atoms with Gasteiger partial charge >= 0.3 is 5.97 Å². The molecule has 0 bridgehead atoms. The number of ether oxygens (including phenoxy) is 1. The van der Waals surface area contributed by atoms with Crippen molar-refractivity contribution in [3.63, 3.8) is 0 Å². The monoisotopic (exact) mass is 538 g/mol. The number of carbonyl (C=O) groups excluding carboxylic acids is 4. The summed E-state index contributed by atoms with van der Waals surface area (Å²) in [6.45, 7) is 1.38. The van der Waals surface area contributed by atoms with E-state index in [9.17, 15) is 24.3 Å². The molecule has 1 saturated heterocycles. The van der Waals surface area contributed by atoms with Crippen LogP contribution in [-0.4, -0.2) is 60.7 Å². The van der Waals surface area contributed by atoms with Crippen LogP contribution in [0.3, 0.4) is 0 Å². The van der Waals surface area contributed by atoms with Gasteiger partial charge in [0.1, 0.15) is 11.9 Å². The summed E-state index contributed by atoms with van der Waals surface area (Å²) < 4.78 is 5.65. The van der Waals surface area contributed by atoms with Crippen molar-refractivity contribution >= 4 is 53.3 Å². The number of likely N-dealkylation sites (N-methyl/N-ethyl adjacent to an activating group) is 1. The average Bonchev–Trinajstić information content (AvgIpc) is 3.28. The Kier molecular flexibility index (Phi) is 7.92. The van der Waals surface area contributed by atoms with E-state index in [0.717, 1.165) is 18.7 Å². The SMILES string of the molecule is CN1CCC(OC(=O)c2ccc(-c3ccc(Cl)cc3Cl)cc2NC(=O)c2cc(O)c([C]=O)cc2[C]=O)C1. The van der Waals surface area contributed by atoms with Crippen LogP contribution in [0.5, 0.6) is 5.75 Å². The normalized spacial score (nSPS) is 15.3. The van der Waals surface area contributed by atoms with Crippen LogP contribution in [-0.2, 0) is 14.3 Å². The highest BCUT2D eigenvalue weighted by atomic mass is 35.5. The van der Waals surface area contributed by atoms with Gasteiger partial charge in [0.25, 0.3) is 5.91 Å². The Bertz CT molecular complexity index is 1410. The summed E-state index contributed by atoms with van der Waals surface area (Å²) in [6.07, 6.45) is 3.44. The number of phenols is 1. The fraction of sp³-hybridized carbons (Fsp3) is 0.185. The van der Waals surface area contributed by atoms with E-state index in [0.29, 0.717) is 34.1 Å². The molecule has 1 aliphatic rings. The highest BCUT2D eigenvalue weighted by Gasteiger charge is 2.26. The molecule has 10 heteroatoms. The zero-order chi connectivity index (χ0) is 26.7. The number of hydrogen-bond acceptors (Lipinski definition) is 7. The quantitative estimate of drug-likeness (QED) is 0.428. The lowest BCUT2D eigenvalue weighted by Gasteiger charge is -2.17. The first-order chi connectivity index (χ1) is 17.7. The number of likely N-dealkylation sites (tertiary alicyclic amines) is 1. The molecule has 2 radical (unpaired) electrons. The van der Waals surface area contributed by atoms with Crippen LogP contribution in [0, 0.1) is 0 Å². The van der Waals surface area contributed by atoms with E-state index >= 15 is 0 Å². The molecule has 1 heterocycles. The zero-order valence-corrected chi connectivity index (χ0v) is 21.0. The first-order valence-electron chi connectivity index (χ1n) is 11.1. The number of amides is 1. The first kappa shape index (κ1) is 26.3. The van der Waals surface area contributed by atoms with E-state index < -0.39 is 17.6 Å². The second kappa shape index (κ2) is 11.1. The predicted octanol–water partition coefficient (Wildman–Crippen LogP) is 4.39. The average molecular weight is 539 g/mol.